The zero-order valence-electron chi connectivity index (χ0n) is 13.5. The van der Waals surface area contributed by atoms with E-state index in [4.69, 9.17) is 9.47 Å². The molecule has 2 atom stereocenters. The molecular weight excluding hydrogens is 264 g/mol. The van der Waals surface area contributed by atoms with Gasteiger partial charge < -0.3 is 14.8 Å². The first-order valence-electron chi connectivity index (χ1n) is 7.99. The molecule has 0 aliphatic carbocycles. The number of likely N-dealkylation sites (N-methyl/N-ethyl adjacent to an activating group) is 1. The van der Waals surface area contributed by atoms with Gasteiger partial charge in [-0.1, -0.05) is 26.0 Å². The van der Waals surface area contributed by atoms with Crippen molar-refractivity contribution in [1.29, 1.82) is 0 Å². The average Bonchev–Trinajstić information content (AvgIpc) is 2.53. The zero-order valence-corrected chi connectivity index (χ0v) is 13.5. The lowest BCUT2D eigenvalue weighted by atomic mass is 9.99. The molecule has 118 valence electrons. The van der Waals surface area contributed by atoms with Gasteiger partial charge in [0.2, 0.25) is 0 Å². The fourth-order valence-corrected chi connectivity index (χ4v) is 2.95. The monoisotopic (exact) mass is 292 g/mol. The van der Waals surface area contributed by atoms with E-state index in [0.717, 1.165) is 38.5 Å². The summed E-state index contributed by atoms with van der Waals surface area (Å²) in [6, 6.07) is 8.54. The van der Waals surface area contributed by atoms with E-state index in [0.29, 0.717) is 0 Å². The van der Waals surface area contributed by atoms with Crippen molar-refractivity contribution in [2.24, 2.45) is 0 Å². The molecule has 4 nitrogen and oxygen atoms in total. The van der Waals surface area contributed by atoms with Crippen LogP contribution in [-0.2, 0) is 4.74 Å². The van der Waals surface area contributed by atoms with E-state index in [2.05, 4.69) is 36.2 Å². The molecule has 0 radical (unpaired) electrons. The minimum absolute atomic E-state index is 0.207. The molecule has 1 saturated heterocycles. The Morgan fingerprint density at radius 1 is 1.33 bits per heavy atom. The molecule has 0 spiro atoms. The van der Waals surface area contributed by atoms with Gasteiger partial charge in [0.1, 0.15) is 5.75 Å². The smallest absolute Gasteiger partial charge is 0.118 e. The van der Waals surface area contributed by atoms with Gasteiger partial charge in [-0.2, -0.15) is 0 Å². The Labute approximate surface area is 128 Å². The summed E-state index contributed by atoms with van der Waals surface area (Å²) >= 11 is 0. The van der Waals surface area contributed by atoms with E-state index >= 15 is 0 Å². The second-order valence-electron chi connectivity index (χ2n) is 5.52. The average molecular weight is 292 g/mol. The standard InChI is InChI=1S/C17H28N2O2/c1-4-10-19-11-12-21-16(13-19)17(18-5-2)14-6-8-15(20-3)9-7-14/h6-9,16-18H,4-5,10-13H2,1-3H3. The van der Waals surface area contributed by atoms with E-state index in [1.807, 2.05) is 12.1 Å². The fraction of sp³-hybridized carbons (Fsp3) is 0.647. The Bertz CT molecular complexity index is 406. The van der Waals surface area contributed by atoms with Crippen molar-refractivity contribution in [2.45, 2.75) is 32.4 Å². The van der Waals surface area contributed by atoms with Crippen molar-refractivity contribution in [2.75, 3.05) is 39.9 Å². The van der Waals surface area contributed by atoms with Gasteiger partial charge >= 0.3 is 0 Å². The highest BCUT2D eigenvalue weighted by molar-refractivity contribution is 5.29. The highest BCUT2D eigenvalue weighted by Crippen LogP contribution is 2.24. The normalized spacial score (nSPS) is 21.2. The number of rotatable bonds is 7. The van der Waals surface area contributed by atoms with E-state index in [9.17, 15) is 0 Å². The van der Waals surface area contributed by atoms with E-state index in [1.54, 1.807) is 7.11 Å². The first-order chi connectivity index (χ1) is 10.3. The molecule has 0 bridgehead atoms. The van der Waals surface area contributed by atoms with Gasteiger partial charge in [-0.05, 0) is 37.2 Å². The lowest BCUT2D eigenvalue weighted by Gasteiger charge is -2.37. The third-order valence-corrected chi connectivity index (χ3v) is 3.99. The molecule has 1 aliphatic heterocycles. The molecular formula is C17H28N2O2. The summed E-state index contributed by atoms with van der Waals surface area (Å²) in [5, 5.41) is 3.58. The summed E-state index contributed by atoms with van der Waals surface area (Å²) in [6.07, 6.45) is 1.40. The summed E-state index contributed by atoms with van der Waals surface area (Å²) in [7, 11) is 1.70. The predicted octanol–water partition coefficient (Wildman–Crippen LogP) is 2.46. The SMILES string of the molecule is CCCN1CCOC(C(NCC)c2ccc(OC)cc2)C1. The minimum atomic E-state index is 0.207. The summed E-state index contributed by atoms with van der Waals surface area (Å²) in [5.74, 6) is 0.895. The molecule has 0 amide bonds. The highest BCUT2D eigenvalue weighted by atomic mass is 16.5. The van der Waals surface area contributed by atoms with Crippen LogP contribution >= 0.6 is 0 Å². The Balaban J connectivity index is 2.09. The summed E-state index contributed by atoms with van der Waals surface area (Å²) in [4.78, 5) is 2.50. The van der Waals surface area contributed by atoms with Crippen LogP contribution in [-0.4, -0.2) is 50.9 Å². The minimum Gasteiger partial charge on any atom is -0.497 e. The topological polar surface area (TPSA) is 33.7 Å². The molecule has 1 fully saturated rings. The molecule has 1 aliphatic rings. The Kier molecular flexibility index (Phi) is 6.49. The first-order valence-corrected chi connectivity index (χ1v) is 7.99. The van der Waals surface area contributed by atoms with Crippen LogP contribution < -0.4 is 10.1 Å². The van der Waals surface area contributed by atoms with Gasteiger partial charge in [0, 0.05) is 13.1 Å². The van der Waals surface area contributed by atoms with Gasteiger partial charge in [0.05, 0.1) is 25.9 Å². The fourth-order valence-electron chi connectivity index (χ4n) is 2.95. The van der Waals surface area contributed by atoms with Crippen LogP contribution in [0.3, 0.4) is 0 Å². The lowest BCUT2D eigenvalue weighted by Crippen LogP contribution is -2.48. The van der Waals surface area contributed by atoms with Crippen molar-refractivity contribution < 1.29 is 9.47 Å². The van der Waals surface area contributed by atoms with Crippen molar-refractivity contribution in [3.05, 3.63) is 29.8 Å². The molecule has 4 heteroatoms. The molecule has 0 saturated carbocycles. The van der Waals surface area contributed by atoms with Crippen LogP contribution in [0.15, 0.2) is 24.3 Å². The molecule has 1 aromatic carbocycles. The molecule has 1 aromatic rings. The number of benzene rings is 1. The van der Waals surface area contributed by atoms with Gasteiger partial charge in [-0.15, -0.1) is 0 Å². The van der Waals surface area contributed by atoms with Gasteiger partial charge in [-0.25, -0.2) is 0 Å². The molecule has 1 N–H and O–H groups in total. The summed E-state index contributed by atoms with van der Waals surface area (Å²) in [6.45, 7) is 9.33. The van der Waals surface area contributed by atoms with E-state index < -0.39 is 0 Å². The maximum Gasteiger partial charge on any atom is 0.118 e. The lowest BCUT2D eigenvalue weighted by molar-refractivity contribution is -0.0468. The van der Waals surface area contributed by atoms with E-state index in [1.165, 1.54) is 12.0 Å². The van der Waals surface area contributed by atoms with Crippen molar-refractivity contribution in [3.63, 3.8) is 0 Å². The number of nitrogens with zero attached hydrogens (tertiary/aromatic N) is 1. The van der Waals surface area contributed by atoms with Crippen LogP contribution in [0.1, 0.15) is 31.9 Å². The molecule has 21 heavy (non-hydrogen) atoms. The third-order valence-electron chi connectivity index (χ3n) is 3.99. The largest absolute Gasteiger partial charge is 0.497 e. The van der Waals surface area contributed by atoms with Gasteiger partial charge in [-0.3, -0.25) is 4.90 Å². The number of ether oxygens (including phenoxy) is 2. The highest BCUT2D eigenvalue weighted by Gasteiger charge is 2.28. The van der Waals surface area contributed by atoms with Crippen LogP contribution in [0.4, 0.5) is 0 Å². The predicted molar refractivity (Wildman–Crippen MR) is 85.9 cm³/mol. The second-order valence-corrected chi connectivity index (χ2v) is 5.52. The number of morpholine rings is 1. The maximum atomic E-state index is 6.04. The quantitative estimate of drug-likeness (QED) is 0.837. The Morgan fingerprint density at radius 2 is 2.10 bits per heavy atom. The van der Waals surface area contributed by atoms with Crippen LogP contribution in [0.25, 0.3) is 0 Å². The number of hydrogen-bond donors (Lipinski definition) is 1. The van der Waals surface area contributed by atoms with Crippen LogP contribution in [0, 0.1) is 0 Å². The Hall–Kier alpha value is -1.10. The van der Waals surface area contributed by atoms with Crippen LogP contribution in [0.5, 0.6) is 5.75 Å². The molecule has 1 heterocycles. The second kappa shape index (κ2) is 8.37. The maximum absolute atomic E-state index is 6.04. The van der Waals surface area contributed by atoms with Gasteiger partial charge in [0.25, 0.3) is 0 Å². The number of nitrogens with one attached hydrogen (secondary N) is 1. The summed E-state index contributed by atoms with van der Waals surface area (Å²) in [5.41, 5.74) is 1.26. The summed E-state index contributed by atoms with van der Waals surface area (Å²) < 4.78 is 11.3. The zero-order chi connectivity index (χ0) is 15.1. The number of hydrogen-bond acceptors (Lipinski definition) is 4. The molecule has 2 rings (SSSR count). The number of methoxy groups -OCH3 is 1. The third kappa shape index (κ3) is 4.43. The van der Waals surface area contributed by atoms with Crippen molar-refractivity contribution in [3.8, 4) is 5.75 Å². The first kappa shape index (κ1) is 16.3. The van der Waals surface area contributed by atoms with Gasteiger partial charge in [0.15, 0.2) is 0 Å². The molecule has 0 aromatic heterocycles. The Morgan fingerprint density at radius 3 is 2.71 bits per heavy atom. The van der Waals surface area contributed by atoms with Crippen molar-refractivity contribution >= 4 is 0 Å². The van der Waals surface area contributed by atoms with Crippen molar-refractivity contribution in [1.82, 2.24) is 10.2 Å². The van der Waals surface area contributed by atoms with E-state index in [-0.39, 0.29) is 12.1 Å². The van der Waals surface area contributed by atoms with Crippen LogP contribution in [0.2, 0.25) is 0 Å². The molecule has 2 unspecified atom stereocenters.